The highest BCUT2D eigenvalue weighted by molar-refractivity contribution is 5.79. The first-order valence-corrected chi connectivity index (χ1v) is 7.14. The third-order valence-electron chi connectivity index (χ3n) is 4.63. The van der Waals surface area contributed by atoms with Gasteiger partial charge >= 0.3 is 0 Å². The molecular formula is C16H21NO. The zero-order valence-corrected chi connectivity index (χ0v) is 10.8. The van der Waals surface area contributed by atoms with Crippen LogP contribution in [0.3, 0.4) is 0 Å². The minimum atomic E-state index is 0.304. The van der Waals surface area contributed by atoms with E-state index in [-0.39, 0.29) is 0 Å². The minimum Gasteiger partial charge on any atom is -0.356 e. The van der Waals surface area contributed by atoms with Crippen molar-refractivity contribution in [1.29, 1.82) is 0 Å². The molecule has 0 radical (unpaired) electrons. The van der Waals surface area contributed by atoms with Crippen molar-refractivity contribution in [2.45, 2.75) is 32.1 Å². The van der Waals surface area contributed by atoms with Gasteiger partial charge in [0.1, 0.15) is 0 Å². The quantitative estimate of drug-likeness (QED) is 0.865. The molecule has 3 atom stereocenters. The van der Waals surface area contributed by atoms with Crippen LogP contribution in [0.2, 0.25) is 0 Å². The Hall–Kier alpha value is -1.31. The molecular weight excluding hydrogens is 222 g/mol. The van der Waals surface area contributed by atoms with Crippen molar-refractivity contribution in [1.82, 2.24) is 5.32 Å². The van der Waals surface area contributed by atoms with E-state index >= 15 is 0 Å². The SMILES string of the molecule is O=C(NCCc1ccccc1)[C@H]1C[C@@H]2CC[C@@H]1C2. The van der Waals surface area contributed by atoms with Gasteiger partial charge in [0.2, 0.25) is 5.91 Å². The topological polar surface area (TPSA) is 29.1 Å². The van der Waals surface area contributed by atoms with Crippen LogP contribution in [0, 0.1) is 17.8 Å². The van der Waals surface area contributed by atoms with Gasteiger partial charge in [-0.15, -0.1) is 0 Å². The Morgan fingerprint density at radius 1 is 1.17 bits per heavy atom. The Kier molecular flexibility index (Phi) is 3.35. The molecule has 2 aliphatic rings. The van der Waals surface area contributed by atoms with E-state index in [1.54, 1.807) is 0 Å². The summed E-state index contributed by atoms with van der Waals surface area (Å²) in [6.45, 7) is 0.775. The molecule has 2 aliphatic carbocycles. The van der Waals surface area contributed by atoms with Gasteiger partial charge in [-0.05, 0) is 43.1 Å². The zero-order chi connectivity index (χ0) is 12.4. The molecule has 0 aromatic heterocycles. The van der Waals surface area contributed by atoms with E-state index < -0.39 is 0 Å². The highest BCUT2D eigenvalue weighted by atomic mass is 16.1. The molecule has 1 N–H and O–H groups in total. The summed E-state index contributed by atoms with van der Waals surface area (Å²) in [7, 11) is 0. The first kappa shape index (κ1) is 11.8. The van der Waals surface area contributed by atoms with Crippen LogP contribution >= 0.6 is 0 Å². The lowest BCUT2D eigenvalue weighted by atomic mass is 9.88. The lowest BCUT2D eigenvalue weighted by molar-refractivity contribution is -0.126. The van der Waals surface area contributed by atoms with Crippen LogP contribution in [0.1, 0.15) is 31.2 Å². The second-order valence-corrected chi connectivity index (χ2v) is 5.81. The second-order valence-electron chi connectivity index (χ2n) is 5.81. The van der Waals surface area contributed by atoms with Gasteiger partial charge in [-0.25, -0.2) is 0 Å². The van der Waals surface area contributed by atoms with Crippen LogP contribution in [0.4, 0.5) is 0 Å². The lowest BCUT2D eigenvalue weighted by Gasteiger charge is -2.20. The number of hydrogen-bond donors (Lipinski definition) is 1. The predicted octanol–water partition coefficient (Wildman–Crippen LogP) is 2.78. The van der Waals surface area contributed by atoms with Gasteiger partial charge in [-0.1, -0.05) is 36.8 Å². The van der Waals surface area contributed by atoms with Gasteiger partial charge in [-0.3, -0.25) is 4.79 Å². The van der Waals surface area contributed by atoms with Crippen molar-refractivity contribution in [3.8, 4) is 0 Å². The molecule has 2 heteroatoms. The maximum atomic E-state index is 12.1. The van der Waals surface area contributed by atoms with Crippen LogP contribution in [-0.4, -0.2) is 12.5 Å². The van der Waals surface area contributed by atoms with Crippen molar-refractivity contribution < 1.29 is 4.79 Å². The van der Waals surface area contributed by atoms with Gasteiger partial charge in [-0.2, -0.15) is 0 Å². The molecule has 2 saturated carbocycles. The lowest BCUT2D eigenvalue weighted by Crippen LogP contribution is -2.34. The van der Waals surface area contributed by atoms with Crippen molar-refractivity contribution >= 4 is 5.91 Å². The summed E-state index contributed by atoms with van der Waals surface area (Å²) in [6.07, 6.45) is 6.02. The van der Waals surface area contributed by atoms with Crippen LogP contribution in [0.15, 0.2) is 30.3 Å². The van der Waals surface area contributed by atoms with Gasteiger partial charge in [0.15, 0.2) is 0 Å². The molecule has 96 valence electrons. The fraction of sp³-hybridized carbons (Fsp3) is 0.562. The molecule has 1 amide bonds. The van der Waals surface area contributed by atoms with Gasteiger partial charge in [0.25, 0.3) is 0 Å². The van der Waals surface area contributed by atoms with E-state index in [0.717, 1.165) is 25.3 Å². The summed E-state index contributed by atoms with van der Waals surface area (Å²) in [5.41, 5.74) is 1.30. The van der Waals surface area contributed by atoms with E-state index in [9.17, 15) is 4.79 Å². The molecule has 1 aromatic carbocycles. The number of carbonyl (C=O) groups is 1. The number of benzene rings is 1. The minimum absolute atomic E-state index is 0.304. The molecule has 2 bridgehead atoms. The number of fused-ring (bicyclic) bond motifs is 2. The highest BCUT2D eigenvalue weighted by Gasteiger charge is 2.42. The third-order valence-corrected chi connectivity index (χ3v) is 4.63. The first-order chi connectivity index (χ1) is 8.83. The van der Waals surface area contributed by atoms with E-state index in [1.165, 1.54) is 24.8 Å². The van der Waals surface area contributed by atoms with E-state index in [0.29, 0.717) is 17.7 Å². The molecule has 3 rings (SSSR count). The average molecular weight is 243 g/mol. The number of rotatable bonds is 4. The molecule has 0 heterocycles. The van der Waals surface area contributed by atoms with Crippen LogP contribution in [0.5, 0.6) is 0 Å². The van der Waals surface area contributed by atoms with Crippen molar-refractivity contribution in [3.63, 3.8) is 0 Å². The Morgan fingerprint density at radius 3 is 2.67 bits per heavy atom. The normalized spacial score (nSPS) is 29.4. The summed E-state index contributed by atoms with van der Waals surface area (Å²) >= 11 is 0. The molecule has 0 unspecified atom stereocenters. The average Bonchev–Trinajstić information content (AvgIpc) is 3.02. The van der Waals surface area contributed by atoms with E-state index in [4.69, 9.17) is 0 Å². The largest absolute Gasteiger partial charge is 0.356 e. The molecule has 2 nitrogen and oxygen atoms in total. The molecule has 1 aromatic rings. The van der Waals surface area contributed by atoms with Crippen LogP contribution in [0.25, 0.3) is 0 Å². The molecule has 2 fully saturated rings. The maximum Gasteiger partial charge on any atom is 0.223 e. The van der Waals surface area contributed by atoms with E-state index in [1.807, 2.05) is 18.2 Å². The fourth-order valence-corrected chi connectivity index (χ4v) is 3.67. The fourth-order valence-electron chi connectivity index (χ4n) is 3.67. The number of hydrogen-bond acceptors (Lipinski definition) is 1. The maximum absolute atomic E-state index is 12.1. The summed E-state index contributed by atoms with van der Waals surface area (Å²) in [5, 5.41) is 3.12. The number of nitrogens with one attached hydrogen (secondary N) is 1. The van der Waals surface area contributed by atoms with Crippen molar-refractivity contribution in [2.75, 3.05) is 6.54 Å². The molecule has 0 spiro atoms. The van der Waals surface area contributed by atoms with Gasteiger partial charge < -0.3 is 5.32 Å². The standard InChI is InChI=1S/C16H21NO/c18-16(15-11-13-6-7-14(15)10-13)17-9-8-12-4-2-1-3-5-12/h1-5,13-15H,6-11H2,(H,17,18)/t13-,14-,15+/m1/s1. The third kappa shape index (κ3) is 2.43. The second kappa shape index (κ2) is 5.13. The summed E-state index contributed by atoms with van der Waals surface area (Å²) in [4.78, 5) is 12.1. The smallest absolute Gasteiger partial charge is 0.223 e. The first-order valence-electron chi connectivity index (χ1n) is 7.14. The number of amides is 1. The predicted molar refractivity (Wildman–Crippen MR) is 72.1 cm³/mol. The van der Waals surface area contributed by atoms with Crippen LogP contribution in [-0.2, 0) is 11.2 Å². The summed E-state index contributed by atoms with van der Waals surface area (Å²) in [6, 6.07) is 10.4. The van der Waals surface area contributed by atoms with Gasteiger partial charge in [0, 0.05) is 12.5 Å². The summed E-state index contributed by atoms with van der Waals surface area (Å²) < 4.78 is 0. The molecule has 0 saturated heterocycles. The van der Waals surface area contributed by atoms with Crippen LogP contribution < -0.4 is 5.32 Å². The monoisotopic (exact) mass is 243 g/mol. The highest BCUT2D eigenvalue weighted by Crippen LogP contribution is 2.48. The Morgan fingerprint density at radius 2 is 2.00 bits per heavy atom. The molecule has 0 aliphatic heterocycles. The van der Waals surface area contributed by atoms with Gasteiger partial charge in [0.05, 0.1) is 0 Å². The Labute approximate surface area is 109 Å². The van der Waals surface area contributed by atoms with Crippen molar-refractivity contribution in [3.05, 3.63) is 35.9 Å². The summed E-state index contributed by atoms with van der Waals surface area (Å²) in [5.74, 6) is 2.16. The molecule has 18 heavy (non-hydrogen) atoms. The number of carbonyl (C=O) groups excluding carboxylic acids is 1. The Bertz CT molecular complexity index is 414. The zero-order valence-electron chi connectivity index (χ0n) is 10.8. The van der Waals surface area contributed by atoms with Crippen molar-refractivity contribution in [2.24, 2.45) is 17.8 Å². The Balaban J connectivity index is 1.45. The van der Waals surface area contributed by atoms with E-state index in [2.05, 4.69) is 17.4 Å².